The molecule has 0 aromatic carbocycles. The highest BCUT2D eigenvalue weighted by atomic mass is 19.4. The molecule has 23 heavy (non-hydrogen) atoms. The van der Waals surface area contributed by atoms with E-state index in [1.165, 1.54) is 6.20 Å². The summed E-state index contributed by atoms with van der Waals surface area (Å²) in [5, 5.41) is 6.89. The molecule has 3 heterocycles. The second-order valence-corrected chi connectivity index (χ2v) is 5.55. The Morgan fingerprint density at radius 2 is 2.04 bits per heavy atom. The summed E-state index contributed by atoms with van der Waals surface area (Å²) in [7, 11) is 0. The monoisotopic (exact) mass is 323 g/mol. The first-order valence-electron chi connectivity index (χ1n) is 7.24. The first-order chi connectivity index (χ1) is 11.0. The molecule has 4 rings (SSSR count). The Hall–Kier alpha value is -2.45. The molecule has 0 amide bonds. The maximum atomic E-state index is 13.2. The molecule has 3 aromatic heterocycles. The first-order valence-corrected chi connectivity index (χ1v) is 7.24. The van der Waals surface area contributed by atoms with Gasteiger partial charge < -0.3 is 4.74 Å². The molecule has 0 atom stereocenters. The third-order valence-corrected chi connectivity index (χ3v) is 3.99. The van der Waals surface area contributed by atoms with Crippen molar-refractivity contribution >= 4 is 16.8 Å². The highest BCUT2D eigenvalue weighted by Gasteiger charge is 2.38. The van der Waals surface area contributed by atoms with Crippen LogP contribution >= 0.6 is 0 Å². The van der Waals surface area contributed by atoms with Crippen LogP contribution in [-0.4, -0.2) is 31.2 Å². The molecule has 3 aromatic rings. The van der Waals surface area contributed by atoms with E-state index in [0.717, 1.165) is 23.7 Å². The summed E-state index contributed by atoms with van der Waals surface area (Å²) in [6.45, 7) is 0.419. The van der Waals surface area contributed by atoms with E-state index in [0.29, 0.717) is 18.0 Å². The summed E-state index contributed by atoms with van der Waals surface area (Å²) in [5.41, 5.74) is 0.285. The molecule has 0 saturated heterocycles. The molecule has 120 valence electrons. The minimum Gasteiger partial charge on any atom is -0.475 e. The van der Waals surface area contributed by atoms with E-state index < -0.39 is 12.0 Å². The molecule has 6 nitrogen and oxygen atoms in total. The van der Waals surface area contributed by atoms with Crippen LogP contribution in [0.5, 0.6) is 5.88 Å². The lowest BCUT2D eigenvalue weighted by Gasteiger charge is -2.24. The van der Waals surface area contributed by atoms with Crippen molar-refractivity contribution in [2.24, 2.45) is 5.92 Å². The number of fused-ring (bicyclic) bond motifs is 3. The molecule has 0 spiro atoms. The van der Waals surface area contributed by atoms with Crippen LogP contribution in [0.1, 0.15) is 25.1 Å². The van der Waals surface area contributed by atoms with Gasteiger partial charge in [-0.1, -0.05) is 6.42 Å². The van der Waals surface area contributed by atoms with E-state index in [1.54, 1.807) is 12.1 Å². The predicted octanol–water partition coefficient (Wildman–Crippen LogP) is 2.87. The highest BCUT2D eigenvalue weighted by molar-refractivity contribution is 5.76. The van der Waals surface area contributed by atoms with Crippen molar-refractivity contribution < 1.29 is 17.9 Å². The first kappa shape index (κ1) is 14.2. The van der Waals surface area contributed by atoms with Crippen molar-refractivity contribution in [3.8, 4) is 5.88 Å². The van der Waals surface area contributed by atoms with Gasteiger partial charge in [0, 0.05) is 6.20 Å². The van der Waals surface area contributed by atoms with Gasteiger partial charge in [-0.15, -0.1) is 10.2 Å². The number of aromatic nitrogens is 5. The van der Waals surface area contributed by atoms with Gasteiger partial charge in [-0.3, -0.25) is 0 Å². The van der Waals surface area contributed by atoms with Gasteiger partial charge in [-0.05, 0) is 30.9 Å². The second-order valence-electron chi connectivity index (χ2n) is 5.55. The Bertz CT molecular complexity index is 872. The fourth-order valence-electron chi connectivity index (χ4n) is 2.57. The van der Waals surface area contributed by atoms with Crippen LogP contribution in [-0.2, 0) is 6.18 Å². The average molecular weight is 323 g/mol. The lowest BCUT2D eigenvalue weighted by molar-refractivity contribution is -0.145. The summed E-state index contributed by atoms with van der Waals surface area (Å²) < 4.78 is 46.0. The van der Waals surface area contributed by atoms with Crippen molar-refractivity contribution in [3.63, 3.8) is 0 Å². The largest absolute Gasteiger partial charge is 0.475 e. The van der Waals surface area contributed by atoms with Crippen LogP contribution in [0.25, 0.3) is 16.8 Å². The van der Waals surface area contributed by atoms with Crippen LogP contribution in [0.15, 0.2) is 18.3 Å². The number of nitrogens with zero attached hydrogens (tertiary/aromatic N) is 5. The molecule has 1 saturated carbocycles. The molecule has 9 heteroatoms. The van der Waals surface area contributed by atoms with E-state index in [4.69, 9.17) is 4.74 Å². The topological polar surface area (TPSA) is 65.2 Å². The maximum Gasteiger partial charge on any atom is 0.452 e. The lowest BCUT2D eigenvalue weighted by Crippen LogP contribution is -2.20. The smallest absolute Gasteiger partial charge is 0.452 e. The van der Waals surface area contributed by atoms with Gasteiger partial charge in [0.15, 0.2) is 5.65 Å². The third-order valence-electron chi connectivity index (χ3n) is 3.99. The molecular weight excluding hydrogens is 311 g/mol. The molecule has 1 fully saturated rings. The zero-order valence-electron chi connectivity index (χ0n) is 11.9. The van der Waals surface area contributed by atoms with Crippen LogP contribution < -0.4 is 4.74 Å². The fraction of sp³-hybridized carbons (Fsp3) is 0.429. The Balaban J connectivity index is 1.89. The summed E-state index contributed by atoms with van der Waals surface area (Å²) in [6.07, 6.45) is 0.0362. The van der Waals surface area contributed by atoms with Gasteiger partial charge in [0.1, 0.15) is 5.52 Å². The number of alkyl halides is 3. The van der Waals surface area contributed by atoms with Gasteiger partial charge in [0.2, 0.25) is 11.5 Å². The van der Waals surface area contributed by atoms with Crippen molar-refractivity contribution in [1.29, 1.82) is 0 Å². The highest BCUT2D eigenvalue weighted by Crippen LogP contribution is 2.32. The minimum absolute atomic E-state index is 0.0517. The molecular formula is C14H12F3N5O. The molecule has 1 aliphatic carbocycles. The molecule has 0 bridgehead atoms. The predicted molar refractivity (Wildman–Crippen MR) is 73.9 cm³/mol. The van der Waals surface area contributed by atoms with Gasteiger partial charge >= 0.3 is 6.18 Å². The normalized spacial score (nSPS) is 16.0. The van der Waals surface area contributed by atoms with Crippen LogP contribution in [0.4, 0.5) is 13.2 Å². The molecule has 1 aliphatic rings. The Morgan fingerprint density at radius 1 is 1.22 bits per heavy atom. The number of pyridine rings is 1. The lowest BCUT2D eigenvalue weighted by atomic mass is 9.86. The average Bonchev–Trinajstić information content (AvgIpc) is 2.91. The third kappa shape index (κ3) is 2.36. The molecule has 0 aliphatic heterocycles. The number of rotatable bonds is 3. The van der Waals surface area contributed by atoms with Gasteiger partial charge in [0.05, 0.1) is 6.61 Å². The quantitative estimate of drug-likeness (QED) is 0.741. The van der Waals surface area contributed by atoms with Gasteiger partial charge in [0.25, 0.3) is 5.88 Å². The van der Waals surface area contributed by atoms with Crippen molar-refractivity contribution in [1.82, 2.24) is 24.6 Å². The van der Waals surface area contributed by atoms with E-state index in [9.17, 15) is 13.2 Å². The standard InChI is InChI=1S/C14H12F3N5O/c15-14(16,17)13-21-20-11-12(23-7-8-3-1-4-8)19-9-5-2-6-18-10(9)22(11)13/h2,5-6,8H,1,3-4,7H2. The van der Waals surface area contributed by atoms with Crippen LogP contribution in [0, 0.1) is 5.92 Å². The zero-order chi connectivity index (χ0) is 16.0. The SMILES string of the molecule is FC(F)(F)c1nnc2c(OCC3CCC3)nc3cccnc3n12. The number of hydrogen-bond acceptors (Lipinski definition) is 5. The minimum atomic E-state index is -4.64. The molecule has 0 radical (unpaired) electrons. The maximum absolute atomic E-state index is 13.2. The van der Waals surface area contributed by atoms with Gasteiger partial charge in [-0.25, -0.2) is 14.4 Å². The van der Waals surface area contributed by atoms with Crippen LogP contribution in [0.3, 0.4) is 0 Å². The molecule has 0 unspecified atom stereocenters. The second kappa shape index (κ2) is 5.04. The number of hydrogen-bond donors (Lipinski definition) is 0. The summed E-state index contributed by atoms with van der Waals surface area (Å²) in [4.78, 5) is 8.24. The summed E-state index contributed by atoms with van der Waals surface area (Å²) >= 11 is 0. The Morgan fingerprint density at radius 3 is 2.74 bits per heavy atom. The van der Waals surface area contributed by atoms with Crippen molar-refractivity contribution in [3.05, 3.63) is 24.2 Å². The fourth-order valence-corrected chi connectivity index (χ4v) is 2.57. The zero-order valence-corrected chi connectivity index (χ0v) is 11.9. The van der Waals surface area contributed by atoms with E-state index in [2.05, 4.69) is 20.2 Å². The Labute approximate surface area is 128 Å². The number of ether oxygens (including phenoxy) is 1. The Kier molecular flexibility index (Phi) is 3.10. The van der Waals surface area contributed by atoms with E-state index in [1.807, 2.05) is 0 Å². The molecule has 0 N–H and O–H groups in total. The van der Waals surface area contributed by atoms with E-state index in [-0.39, 0.29) is 17.2 Å². The van der Waals surface area contributed by atoms with Crippen LogP contribution in [0.2, 0.25) is 0 Å². The van der Waals surface area contributed by atoms with Crippen molar-refractivity contribution in [2.75, 3.05) is 6.61 Å². The van der Waals surface area contributed by atoms with E-state index >= 15 is 0 Å². The number of halogens is 3. The van der Waals surface area contributed by atoms with Gasteiger partial charge in [-0.2, -0.15) is 13.2 Å². The summed E-state index contributed by atoms with van der Waals surface area (Å²) in [6, 6.07) is 3.19. The van der Waals surface area contributed by atoms with Crippen molar-refractivity contribution in [2.45, 2.75) is 25.4 Å². The summed E-state index contributed by atoms with van der Waals surface area (Å²) in [5.74, 6) is -0.654.